The number of nitrogens with two attached hydrogens (primary N) is 1. The zero-order valence-corrected chi connectivity index (χ0v) is 15.3. The van der Waals surface area contributed by atoms with Crippen molar-refractivity contribution in [3.8, 4) is 0 Å². The van der Waals surface area contributed by atoms with Gasteiger partial charge in [-0.2, -0.15) is 0 Å². The lowest BCUT2D eigenvalue weighted by molar-refractivity contribution is -0.638. The summed E-state index contributed by atoms with van der Waals surface area (Å²) >= 11 is 3.08. The highest BCUT2D eigenvalue weighted by Crippen LogP contribution is 2.43. The van der Waals surface area contributed by atoms with Crippen LogP contribution in [-0.4, -0.2) is 14.2 Å². The first-order valence-corrected chi connectivity index (χ1v) is 10.0. The second-order valence-electron chi connectivity index (χ2n) is 5.95. The SMILES string of the molecule is N[n+]1ccc(C2CC2)c(NS(=O)(=O)CCc2ccc(Br)c(F)c2)c1. The average molecular weight is 415 g/mol. The van der Waals surface area contributed by atoms with Crippen LogP contribution in [0.25, 0.3) is 0 Å². The average Bonchev–Trinajstić information content (AvgIpc) is 3.33. The maximum absolute atomic E-state index is 13.5. The van der Waals surface area contributed by atoms with E-state index in [-0.39, 0.29) is 12.2 Å². The van der Waals surface area contributed by atoms with Crippen molar-refractivity contribution in [2.45, 2.75) is 25.2 Å². The van der Waals surface area contributed by atoms with Crippen molar-refractivity contribution >= 4 is 31.6 Å². The third-order valence-electron chi connectivity index (χ3n) is 3.94. The lowest BCUT2D eigenvalue weighted by Gasteiger charge is -2.10. The molecule has 1 saturated carbocycles. The van der Waals surface area contributed by atoms with Gasteiger partial charge >= 0.3 is 0 Å². The number of benzene rings is 1. The minimum Gasteiger partial charge on any atom is -0.277 e. The Morgan fingerprint density at radius 2 is 2.08 bits per heavy atom. The highest BCUT2D eigenvalue weighted by molar-refractivity contribution is 9.10. The van der Waals surface area contributed by atoms with Crippen molar-refractivity contribution in [2.24, 2.45) is 0 Å². The normalized spacial score (nSPS) is 14.6. The van der Waals surface area contributed by atoms with Gasteiger partial charge in [-0.15, -0.1) is 0 Å². The van der Waals surface area contributed by atoms with E-state index >= 15 is 0 Å². The summed E-state index contributed by atoms with van der Waals surface area (Å²) < 4.78 is 42.5. The van der Waals surface area contributed by atoms with Gasteiger partial charge in [0.15, 0.2) is 6.20 Å². The molecule has 0 saturated heterocycles. The van der Waals surface area contributed by atoms with E-state index in [1.807, 2.05) is 6.07 Å². The molecule has 0 aliphatic heterocycles. The van der Waals surface area contributed by atoms with Gasteiger partial charge in [0.1, 0.15) is 11.5 Å². The fraction of sp³-hybridized carbons (Fsp3) is 0.312. The minimum atomic E-state index is -3.55. The van der Waals surface area contributed by atoms with E-state index in [4.69, 9.17) is 5.84 Å². The van der Waals surface area contributed by atoms with Crippen LogP contribution >= 0.6 is 15.9 Å². The molecule has 0 atom stereocenters. The van der Waals surface area contributed by atoms with Crippen LogP contribution in [0.1, 0.15) is 29.9 Å². The molecular formula is C16H18BrFN3O2S+. The van der Waals surface area contributed by atoms with Gasteiger partial charge in [-0.1, -0.05) is 10.7 Å². The third kappa shape index (κ3) is 4.24. The van der Waals surface area contributed by atoms with Crippen LogP contribution in [0.2, 0.25) is 0 Å². The molecule has 3 N–H and O–H groups in total. The molecule has 3 rings (SSSR count). The number of pyridine rings is 1. The molecule has 1 aromatic carbocycles. The maximum atomic E-state index is 13.5. The molecule has 1 aliphatic carbocycles. The molecule has 24 heavy (non-hydrogen) atoms. The van der Waals surface area contributed by atoms with Gasteiger partial charge in [0, 0.05) is 6.07 Å². The van der Waals surface area contributed by atoms with Gasteiger partial charge in [0.05, 0.1) is 10.2 Å². The van der Waals surface area contributed by atoms with E-state index in [1.54, 1.807) is 24.5 Å². The Hall–Kier alpha value is -1.67. The minimum absolute atomic E-state index is 0.127. The Labute approximate surface area is 148 Å². The molecule has 5 nitrogen and oxygen atoms in total. The molecule has 1 aliphatic rings. The Bertz CT molecular complexity index is 870. The number of sulfonamides is 1. The highest BCUT2D eigenvalue weighted by Gasteiger charge is 2.29. The molecule has 1 aromatic heterocycles. The summed E-state index contributed by atoms with van der Waals surface area (Å²) in [5.74, 6) is 5.56. The number of hydrogen-bond acceptors (Lipinski definition) is 3. The quantitative estimate of drug-likeness (QED) is 0.562. The fourth-order valence-corrected chi connectivity index (χ4v) is 3.88. The van der Waals surface area contributed by atoms with Crippen molar-refractivity contribution in [2.75, 3.05) is 16.3 Å². The smallest absolute Gasteiger partial charge is 0.233 e. The maximum Gasteiger partial charge on any atom is 0.233 e. The zero-order chi connectivity index (χ0) is 17.3. The van der Waals surface area contributed by atoms with Crippen LogP contribution in [0, 0.1) is 5.82 Å². The summed E-state index contributed by atoms with van der Waals surface area (Å²) in [6.45, 7) is 0. The van der Waals surface area contributed by atoms with Gasteiger partial charge in [-0.05, 0) is 64.4 Å². The van der Waals surface area contributed by atoms with Crippen molar-refractivity contribution in [3.05, 3.63) is 58.1 Å². The first-order chi connectivity index (χ1) is 11.3. The Morgan fingerprint density at radius 1 is 1.33 bits per heavy atom. The van der Waals surface area contributed by atoms with E-state index in [0.29, 0.717) is 21.6 Å². The molecule has 0 radical (unpaired) electrons. The standard InChI is InChI=1S/C16H18BrFN3O2S/c17-14-4-1-11(9-15(14)18)6-8-24(22,23)20-16-10-21(19)7-5-13(16)12-2-3-12/h1,4-5,7,9-10,12,20H,2-3,6,8,19H2/q+1. The van der Waals surface area contributed by atoms with Gasteiger partial charge in [0.25, 0.3) is 0 Å². The van der Waals surface area contributed by atoms with Crippen molar-refractivity contribution in [1.29, 1.82) is 0 Å². The summed E-state index contributed by atoms with van der Waals surface area (Å²) in [4.78, 5) is 0. The van der Waals surface area contributed by atoms with Crippen LogP contribution in [0.3, 0.4) is 0 Å². The molecule has 0 spiro atoms. The molecule has 128 valence electrons. The molecule has 0 bridgehead atoms. The van der Waals surface area contributed by atoms with Crippen LogP contribution in [0.5, 0.6) is 0 Å². The predicted octanol–water partition coefficient (Wildman–Crippen LogP) is 2.45. The Kier molecular flexibility index (Phi) is 4.78. The van der Waals surface area contributed by atoms with Gasteiger partial charge in [-0.3, -0.25) is 4.72 Å². The van der Waals surface area contributed by atoms with Crippen LogP contribution in [-0.2, 0) is 16.4 Å². The van der Waals surface area contributed by atoms with Crippen LogP contribution in [0.4, 0.5) is 10.1 Å². The van der Waals surface area contributed by atoms with Crippen LogP contribution < -0.4 is 15.2 Å². The largest absolute Gasteiger partial charge is 0.277 e. The first-order valence-electron chi connectivity index (χ1n) is 7.59. The lowest BCUT2D eigenvalue weighted by Crippen LogP contribution is -2.44. The van der Waals surface area contributed by atoms with E-state index in [0.717, 1.165) is 18.4 Å². The van der Waals surface area contributed by atoms with Gasteiger partial charge in [-0.25, -0.2) is 18.7 Å². The predicted molar refractivity (Wildman–Crippen MR) is 94.0 cm³/mol. The molecule has 8 heteroatoms. The number of aryl methyl sites for hydroxylation is 1. The number of hydrogen-bond donors (Lipinski definition) is 2. The number of nitrogen functional groups attached to an aromatic ring is 1. The molecule has 2 aromatic rings. The second-order valence-corrected chi connectivity index (χ2v) is 8.65. The number of nitrogens with one attached hydrogen (secondary N) is 1. The summed E-state index contributed by atoms with van der Waals surface area (Å²) in [7, 11) is -3.55. The van der Waals surface area contributed by atoms with Crippen molar-refractivity contribution in [3.63, 3.8) is 0 Å². The monoisotopic (exact) mass is 414 g/mol. The second kappa shape index (κ2) is 6.68. The topological polar surface area (TPSA) is 76.1 Å². The van der Waals surface area contributed by atoms with Crippen molar-refractivity contribution < 1.29 is 17.5 Å². The van der Waals surface area contributed by atoms with E-state index in [1.165, 1.54) is 10.7 Å². The van der Waals surface area contributed by atoms with Crippen LogP contribution in [0.15, 0.2) is 41.1 Å². The first kappa shape index (κ1) is 17.2. The zero-order valence-electron chi connectivity index (χ0n) is 12.9. The molecule has 1 fully saturated rings. The fourth-order valence-electron chi connectivity index (χ4n) is 2.52. The molecule has 1 heterocycles. The summed E-state index contributed by atoms with van der Waals surface area (Å²) in [6, 6.07) is 6.46. The summed E-state index contributed by atoms with van der Waals surface area (Å²) in [5, 5.41) is 0. The van der Waals surface area contributed by atoms with Gasteiger partial charge in [0.2, 0.25) is 16.2 Å². The van der Waals surface area contributed by atoms with Crippen molar-refractivity contribution in [1.82, 2.24) is 0 Å². The highest BCUT2D eigenvalue weighted by atomic mass is 79.9. The van der Waals surface area contributed by atoms with E-state index in [9.17, 15) is 12.8 Å². The summed E-state index contributed by atoms with van der Waals surface area (Å²) in [5.41, 5.74) is 2.12. The molecule has 0 amide bonds. The third-order valence-corrected chi connectivity index (χ3v) is 5.86. The Morgan fingerprint density at radius 3 is 2.75 bits per heavy atom. The number of aromatic nitrogens is 1. The Balaban J connectivity index is 1.72. The summed E-state index contributed by atoms with van der Waals surface area (Å²) in [6.07, 6.45) is 5.62. The lowest BCUT2D eigenvalue weighted by atomic mass is 10.1. The molecule has 0 unspecified atom stereocenters. The van der Waals surface area contributed by atoms with E-state index < -0.39 is 15.8 Å². The number of anilines is 1. The molecular weight excluding hydrogens is 397 g/mol. The number of halogens is 2. The number of nitrogens with zero attached hydrogens (tertiary/aromatic N) is 1. The van der Waals surface area contributed by atoms with Gasteiger partial charge < -0.3 is 0 Å². The number of rotatable bonds is 6. The van der Waals surface area contributed by atoms with E-state index in [2.05, 4.69) is 20.7 Å².